The van der Waals surface area contributed by atoms with Gasteiger partial charge < -0.3 is 9.84 Å². The number of thiophene rings is 1. The molecule has 104 valence electrons. The highest BCUT2D eigenvalue weighted by molar-refractivity contribution is 7.12. The first-order valence-electron chi connectivity index (χ1n) is 6.76. The molecule has 0 bridgehead atoms. The summed E-state index contributed by atoms with van der Waals surface area (Å²) >= 11 is 1.70. The van der Waals surface area contributed by atoms with Gasteiger partial charge in [-0.3, -0.25) is 4.90 Å². The third-order valence-corrected chi connectivity index (χ3v) is 4.15. The number of aliphatic hydroxyl groups excluding tert-OH is 1. The smallest absolute Gasteiger partial charge is 0.104 e. The van der Waals surface area contributed by atoms with Gasteiger partial charge in [0.2, 0.25) is 0 Å². The van der Waals surface area contributed by atoms with Crippen molar-refractivity contribution in [2.45, 2.75) is 31.9 Å². The number of hydrogen-bond donors (Lipinski definition) is 1. The van der Waals surface area contributed by atoms with E-state index in [2.05, 4.69) is 29.9 Å². The fourth-order valence-electron chi connectivity index (χ4n) is 2.29. The predicted octanol–water partition coefficient (Wildman–Crippen LogP) is 2.09. The van der Waals surface area contributed by atoms with Crippen LogP contribution < -0.4 is 0 Å². The average molecular weight is 279 g/mol. The van der Waals surface area contributed by atoms with Crippen LogP contribution in [0.5, 0.6) is 0 Å². The molecule has 0 aliphatic carbocycles. The highest BCUT2D eigenvalue weighted by Crippen LogP contribution is 2.18. The fraction of sp³-hybridized carbons (Fsp3) is 0.600. The topological polar surface area (TPSA) is 32.7 Å². The number of hydrogen-bond acceptors (Lipinski definition) is 4. The second-order valence-corrected chi connectivity index (χ2v) is 6.08. The van der Waals surface area contributed by atoms with Crippen LogP contribution >= 0.6 is 11.3 Å². The lowest BCUT2D eigenvalue weighted by Crippen LogP contribution is -2.32. The Kier molecular flexibility index (Phi) is 5.87. The zero-order chi connectivity index (χ0) is 13.5. The quantitative estimate of drug-likeness (QED) is 0.857. The molecule has 0 unspecified atom stereocenters. The van der Waals surface area contributed by atoms with Gasteiger partial charge in [0.05, 0.1) is 11.0 Å². The summed E-state index contributed by atoms with van der Waals surface area (Å²) in [4.78, 5) is 4.64. The van der Waals surface area contributed by atoms with Gasteiger partial charge in [-0.1, -0.05) is 11.8 Å². The first-order chi connectivity index (χ1) is 9.28. The Morgan fingerprint density at radius 3 is 3.11 bits per heavy atom. The van der Waals surface area contributed by atoms with Gasteiger partial charge >= 0.3 is 0 Å². The van der Waals surface area contributed by atoms with E-state index in [0.717, 1.165) is 24.6 Å². The summed E-state index contributed by atoms with van der Waals surface area (Å²) in [5.74, 6) is 5.62. The number of nitrogens with zero attached hydrogens (tertiary/aromatic N) is 1. The van der Waals surface area contributed by atoms with Crippen LogP contribution in [-0.4, -0.2) is 42.9 Å². The number of likely N-dealkylation sites (N-methyl/N-ethyl adjacent to an activating group) is 1. The van der Waals surface area contributed by atoms with Crippen LogP contribution in [0.3, 0.4) is 0 Å². The van der Waals surface area contributed by atoms with Crippen LogP contribution in [-0.2, 0) is 11.3 Å². The molecule has 3 nitrogen and oxygen atoms in total. The number of ether oxygens (including phenoxy) is 1. The Bertz CT molecular complexity index is 440. The normalized spacial score (nSPS) is 19.2. The summed E-state index contributed by atoms with van der Waals surface area (Å²) in [5.41, 5.74) is 0. The molecule has 0 spiro atoms. The molecule has 1 aromatic heterocycles. The van der Waals surface area contributed by atoms with Crippen molar-refractivity contribution in [2.75, 3.05) is 26.8 Å². The molecule has 1 N–H and O–H groups in total. The van der Waals surface area contributed by atoms with Gasteiger partial charge in [-0.15, -0.1) is 11.3 Å². The summed E-state index contributed by atoms with van der Waals surface area (Å²) in [6.07, 6.45) is 4.07. The molecule has 1 aromatic rings. The average Bonchev–Trinajstić information content (AvgIpc) is 2.85. The Labute approximate surface area is 119 Å². The van der Waals surface area contributed by atoms with E-state index in [0.29, 0.717) is 6.10 Å². The monoisotopic (exact) mass is 279 g/mol. The SMILES string of the molecule is CN(Cc1ccc(C#CCO)s1)C[C@H]1CCCCO1. The summed E-state index contributed by atoms with van der Waals surface area (Å²) < 4.78 is 5.76. The minimum absolute atomic E-state index is 0.0772. The summed E-state index contributed by atoms with van der Waals surface area (Å²) in [5, 5.41) is 8.67. The highest BCUT2D eigenvalue weighted by Gasteiger charge is 2.16. The molecule has 4 heteroatoms. The molecule has 19 heavy (non-hydrogen) atoms. The zero-order valence-electron chi connectivity index (χ0n) is 11.4. The van der Waals surface area contributed by atoms with Crippen LogP contribution in [0.1, 0.15) is 29.0 Å². The first-order valence-corrected chi connectivity index (χ1v) is 7.58. The van der Waals surface area contributed by atoms with Crippen molar-refractivity contribution in [2.24, 2.45) is 0 Å². The Morgan fingerprint density at radius 1 is 1.47 bits per heavy atom. The molecule has 1 atom stereocenters. The van der Waals surface area contributed by atoms with Crippen LogP contribution in [0.4, 0.5) is 0 Å². The van der Waals surface area contributed by atoms with Crippen LogP contribution in [0.15, 0.2) is 12.1 Å². The van der Waals surface area contributed by atoms with Gasteiger partial charge in [0.25, 0.3) is 0 Å². The summed E-state index contributed by atoms with van der Waals surface area (Å²) in [7, 11) is 2.14. The lowest BCUT2D eigenvalue weighted by atomic mass is 10.1. The van der Waals surface area contributed by atoms with Crippen LogP contribution in [0, 0.1) is 11.8 Å². The molecule has 0 saturated carbocycles. The minimum Gasteiger partial charge on any atom is -0.384 e. The molecule has 1 fully saturated rings. The third-order valence-electron chi connectivity index (χ3n) is 3.17. The standard InChI is InChI=1S/C15H21NO2S/c1-16(11-13-5-2-3-10-18-13)12-15-8-7-14(19-15)6-4-9-17/h7-8,13,17H,2-3,5,9-12H2,1H3/t13-/m1/s1. The largest absolute Gasteiger partial charge is 0.384 e. The second kappa shape index (κ2) is 7.66. The third kappa shape index (κ3) is 4.96. The maximum absolute atomic E-state index is 8.67. The van der Waals surface area contributed by atoms with Crippen molar-refractivity contribution in [3.05, 3.63) is 21.9 Å². The Morgan fingerprint density at radius 2 is 2.37 bits per heavy atom. The second-order valence-electron chi connectivity index (χ2n) is 4.91. The van der Waals surface area contributed by atoms with Crippen molar-refractivity contribution in [1.82, 2.24) is 4.90 Å². The fourth-order valence-corrected chi connectivity index (χ4v) is 3.25. The summed E-state index contributed by atoms with van der Waals surface area (Å²) in [6, 6.07) is 4.14. The van der Waals surface area contributed by atoms with E-state index in [-0.39, 0.29) is 6.61 Å². The van der Waals surface area contributed by atoms with Crippen LogP contribution in [0.25, 0.3) is 0 Å². The van der Waals surface area contributed by atoms with Crippen molar-refractivity contribution in [3.8, 4) is 11.8 Å². The first kappa shape index (κ1) is 14.5. The van der Waals surface area contributed by atoms with Gasteiger partial charge in [0.15, 0.2) is 0 Å². The van der Waals surface area contributed by atoms with Crippen molar-refractivity contribution in [1.29, 1.82) is 0 Å². The molecule has 1 saturated heterocycles. The van der Waals surface area contributed by atoms with E-state index in [1.54, 1.807) is 11.3 Å². The van der Waals surface area contributed by atoms with E-state index in [4.69, 9.17) is 9.84 Å². The van der Waals surface area contributed by atoms with E-state index in [1.165, 1.54) is 24.1 Å². The predicted molar refractivity (Wildman–Crippen MR) is 78.2 cm³/mol. The van der Waals surface area contributed by atoms with E-state index < -0.39 is 0 Å². The molecular weight excluding hydrogens is 258 g/mol. The Hall–Kier alpha value is -0.860. The molecule has 0 radical (unpaired) electrons. The van der Waals surface area contributed by atoms with Crippen molar-refractivity contribution < 1.29 is 9.84 Å². The number of aliphatic hydroxyl groups is 1. The maximum atomic E-state index is 8.67. The summed E-state index contributed by atoms with van der Waals surface area (Å²) in [6.45, 7) is 2.77. The van der Waals surface area contributed by atoms with Gasteiger partial charge in [-0.2, -0.15) is 0 Å². The van der Waals surface area contributed by atoms with E-state index in [9.17, 15) is 0 Å². The molecule has 1 aliphatic rings. The molecule has 0 amide bonds. The molecule has 1 aliphatic heterocycles. The number of rotatable bonds is 4. The van der Waals surface area contributed by atoms with Crippen LogP contribution in [0.2, 0.25) is 0 Å². The highest BCUT2D eigenvalue weighted by atomic mass is 32.1. The van der Waals surface area contributed by atoms with Gasteiger partial charge in [-0.05, 0) is 38.4 Å². The zero-order valence-corrected chi connectivity index (χ0v) is 12.2. The lowest BCUT2D eigenvalue weighted by molar-refractivity contribution is -0.00245. The van der Waals surface area contributed by atoms with Gasteiger partial charge in [0.1, 0.15) is 6.61 Å². The molecule has 2 rings (SSSR count). The van der Waals surface area contributed by atoms with Crippen molar-refractivity contribution in [3.63, 3.8) is 0 Å². The minimum atomic E-state index is -0.0772. The lowest BCUT2D eigenvalue weighted by Gasteiger charge is -2.27. The molecule has 2 heterocycles. The molecular formula is C15H21NO2S. The van der Waals surface area contributed by atoms with Gasteiger partial charge in [0, 0.05) is 24.6 Å². The van der Waals surface area contributed by atoms with Gasteiger partial charge in [-0.25, -0.2) is 0 Å². The maximum Gasteiger partial charge on any atom is 0.104 e. The van der Waals surface area contributed by atoms with E-state index >= 15 is 0 Å². The molecule has 0 aromatic carbocycles. The Balaban J connectivity index is 1.80. The van der Waals surface area contributed by atoms with E-state index in [1.807, 2.05) is 6.07 Å². The van der Waals surface area contributed by atoms with Crippen molar-refractivity contribution >= 4 is 11.3 Å².